The van der Waals surface area contributed by atoms with Crippen molar-refractivity contribution in [2.45, 2.75) is 5.33 Å². The lowest BCUT2D eigenvalue weighted by Crippen LogP contribution is -2.12. The summed E-state index contributed by atoms with van der Waals surface area (Å²) in [7, 11) is 0. The third-order valence-electron chi connectivity index (χ3n) is 2.72. The minimum atomic E-state index is -0.232. The molecule has 0 aliphatic heterocycles. The number of carbonyl (C=O) groups is 1. The number of nitriles is 1. The Morgan fingerprint density at radius 3 is 2.50 bits per heavy atom. The van der Waals surface area contributed by atoms with Crippen molar-refractivity contribution in [2.24, 2.45) is 0 Å². The smallest absolute Gasteiger partial charge is 0.255 e. The Morgan fingerprint density at radius 1 is 1.20 bits per heavy atom. The normalized spacial score (nSPS) is 9.85. The van der Waals surface area contributed by atoms with Gasteiger partial charge in [-0.15, -0.1) is 0 Å². The van der Waals surface area contributed by atoms with Crippen LogP contribution in [0.5, 0.6) is 0 Å². The van der Waals surface area contributed by atoms with Crippen LogP contribution in [0.25, 0.3) is 0 Å². The van der Waals surface area contributed by atoms with Gasteiger partial charge in [-0.3, -0.25) is 4.79 Å². The van der Waals surface area contributed by atoms with Gasteiger partial charge in [-0.1, -0.05) is 44.0 Å². The van der Waals surface area contributed by atoms with E-state index in [1.165, 1.54) is 0 Å². The molecule has 0 aliphatic rings. The first-order valence-corrected chi connectivity index (χ1v) is 7.71. The van der Waals surface area contributed by atoms with E-state index < -0.39 is 0 Å². The lowest BCUT2D eigenvalue weighted by molar-refractivity contribution is 0.102. The van der Waals surface area contributed by atoms with Crippen LogP contribution in [0.15, 0.2) is 46.9 Å². The number of halogens is 2. The minimum absolute atomic E-state index is 0.232. The van der Waals surface area contributed by atoms with E-state index in [1.807, 2.05) is 12.1 Å². The maximum Gasteiger partial charge on any atom is 0.255 e. The second-order valence-corrected chi connectivity index (χ2v) is 5.56. The molecule has 2 aromatic rings. The molecular formula is C15H10Br2N2O. The van der Waals surface area contributed by atoms with Crippen LogP contribution in [-0.2, 0) is 5.33 Å². The summed E-state index contributed by atoms with van der Waals surface area (Å²) in [5, 5.41) is 12.6. The molecule has 0 atom stereocenters. The van der Waals surface area contributed by atoms with Gasteiger partial charge in [0.2, 0.25) is 0 Å². The molecule has 20 heavy (non-hydrogen) atoms. The van der Waals surface area contributed by atoms with Gasteiger partial charge in [-0.05, 0) is 35.9 Å². The van der Waals surface area contributed by atoms with E-state index in [0.29, 0.717) is 16.8 Å². The SMILES string of the molecule is N#Cc1cc(Br)ccc1NC(=O)c1ccc(CBr)cc1. The number of nitrogens with one attached hydrogen (secondary N) is 1. The summed E-state index contributed by atoms with van der Waals surface area (Å²) in [5.41, 5.74) is 2.58. The van der Waals surface area contributed by atoms with Crippen molar-refractivity contribution in [3.05, 3.63) is 63.6 Å². The molecule has 0 heterocycles. The molecule has 0 spiro atoms. The minimum Gasteiger partial charge on any atom is -0.321 e. The highest BCUT2D eigenvalue weighted by Gasteiger charge is 2.09. The number of rotatable bonds is 3. The van der Waals surface area contributed by atoms with Gasteiger partial charge in [-0.2, -0.15) is 5.26 Å². The molecule has 0 aliphatic carbocycles. The molecule has 0 bridgehead atoms. The quantitative estimate of drug-likeness (QED) is 0.782. The Kier molecular flexibility index (Phi) is 4.94. The van der Waals surface area contributed by atoms with Crippen LogP contribution in [0.4, 0.5) is 5.69 Å². The first kappa shape index (κ1) is 14.8. The largest absolute Gasteiger partial charge is 0.321 e. The monoisotopic (exact) mass is 392 g/mol. The van der Waals surface area contributed by atoms with Crippen LogP contribution in [0, 0.1) is 11.3 Å². The van der Waals surface area contributed by atoms with Crippen molar-refractivity contribution >= 4 is 43.5 Å². The summed E-state index contributed by atoms with van der Waals surface area (Å²) >= 11 is 6.65. The zero-order chi connectivity index (χ0) is 14.5. The maximum atomic E-state index is 12.1. The summed E-state index contributed by atoms with van der Waals surface area (Å²) in [4.78, 5) is 12.1. The average molecular weight is 394 g/mol. The predicted molar refractivity (Wildman–Crippen MR) is 85.9 cm³/mol. The van der Waals surface area contributed by atoms with Crippen molar-refractivity contribution < 1.29 is 4.79 Å². The summed E-state index contributed by atoms with van der Waals surface area (Å²) in [6.07, 6.45) is 0. The summed E-state index contributed by atoms with van der Waals surface area (Å²) in [6.45, 7) is 0. The fourth-order valence-corrected chi connectivity index (χ4v) is 2.39. The lowest BCUT2D eigenvalue weighted by atomic mass is 10.1. The molecule has 1 N–H and O–H groups in total. The van der Waals surface area contributed by atoms with E-state index in [2.05, 4.69) is 43.2 Å². The van der Waals surface area contributed by atoms with Crippen molar-refractivity contribution in [1.82, 2.24) is 0 Å². The zero-order valence-electron chi connectivity index (χ0n) is 10.4. The summed E-state index contributed by atoms with van der Waals surface area (Å²) < 4.78 is 0.800. The maximum absolute atomic E-state index is 12.1. The molecule has 0 radical (unpaired) electrons. The molecule has 2 rings (SSSR count). The Labute approximate surface area is 133 Å². The van der Waals surface area contributed by atoms with Crippen LogP contribution in [0.1, 0.15) is 21.5 Å². The van der Waals surface area contributed by atoms with Gasteiger partial charge in [-0.25, -0.2) is 0 Å². The Morgan fingerprint density at radius 2 is 1.90 bits per heavy atom. The molecular weight excluding hydrogens is 384 g/mol. The third kappa shape index (κ3) is 3.47. The van der Waals surface area contributed by atoms with Gasteiger partial charge in [0.05, 0.1) is 11.3 Å². The fraction of sp³-hybridized carbons (Fsp3) is 0.0667. The van der Waals surface area contributed by atoms with E-state index >= 15 is 0 Å². The van der Waals surface area contributed by atoms with Gasteiger partial charge < -0.3 is 5.32 Å². The number of amides is 1. The standard InChI is InChI=1S/C15H10Br2N2O/c16-8-10-1-3-11(4-2-10)15(20)19-14-6-5-13(17)7-12(14)9-18/h1-7H,8H2,(H,19,20). The van der Waals surface area contributed by atoms with Gasteiger partial charge in [0.1, 0.15) is 6.07 Å². The highest BCUT2D eigenvalue weighted by atomic mass is 79.9. The Hall–Kier alpha value is -1.64. The van der Waals surface area contributed by atoms with E-state index in [9.17, 15) is 4.79 Å². The van der Waals surface area contributed by atoms with E-state index in [4.69, 9.17) is 5.26 Å². The van der Waals surface area contributed by atoms with Gasteiger partial charge in [0.25, 0.3) is 5.91 Å². The molecule has 0 saturated heterocycles. The molecule has 0 saturated carbocycles. The number of benzene rings is 2. The third-order valence-corrected chi connectivity index (χ3v) is 3.86. The van der Waals surface area contributed by atoms with Gasteiger partial charge >= 0.3 is 0 Å². The molecule has 3 nitrogen and oxygen atoms in total. The van der Waals surface area contributed by atoms with Gasteiger partial charge in [0.15, 0.2) is 0 Å². The molecule has 5 heteroatoms. The summed E-state index contributed by atoms with van der Waals surface area (Å²) in [6, 6.07) is 14.5. The van der Waals surface area contributed by atoms with Crippen LogP contribution >= 0.6 is 31.9 Å². The highest BCUT2D eigenvalue weighted by Crippen LogP contribution is 2.21. The number of nitrogens with zero attached hydrogens (tertiary/aromatic N) is 1. The van der Waals surface area contributed by atoms with Crippen molar-refractivity contribution in [1.29, 1.82) is 5.26 Å². The first-order chi connectivity index (χ1) is 9.63. The molecule has 0 unspecified atom stereocenters. The number of alkyl halides is 1. The first-order valence-electron chi connectivity index (χ1n) is 5.80. The van der Waals surface area contributed by atoms with Crippen molar-refractivity contribution in [3.63, 3.8) is 0 Å². The molecule has 0 aromatic heterocycles. The van der Waals surface area contributed by atoms with Crippen LogP contribution < -0.4 is 5.32 Å². The molecule has 100 valence electrons. The second-order valence-electron chi connectivity index (χ2n) is 4.09. The second kappa shape index (κ2) is 6.69. The number of hydrogen-bond donors (Lipinski definition) is 1. The number of hydrogen-bond acceptors (Lipinski definition) is 2. The van der Waals surface area contributed by atoms with Crippen LogP contribution in [0.3, 0.4) is 0 Å². The van der Waals surface area contributed by atoms with Gasteiger partial charge in [0, 0.05) is 15.4 Å². The molecule has 2 aromatic carbocycles. The zero-order valence-corrected chi connectivity index (χ0v) is 13.5. The van der Waals surface area contributed by atoms with E-state index in [0.717, 1.165) is 15.4 Å². The van der Waals surface area contributed by atoms with E-state index in [-0.39, 0.29) is 5.91 Å². The van der Waals surface area contributed by atoms with Crippen LogP contribution in [-0.4, -0.2) is 5.91 Å². The van der Waals surface area contributed by atoms with E-state index in [1.54, 1.807) is 30.3 Å². The van der Waals surface area contributed by atoms with Crippen molar-refractivity contribution in [2.75, 3.05) is 5.32 Å². The fourth-order valence-electron chi connectivity index (χ4n) is 1.66. The summed E-state index contributed by atoms with van der Waals surface area (Å²) in [5.74, 6) is -0.232. The topological polar surface area (TPSA) is 52.9 Å². The lowest BCUT2D eigenvalue weighted by Gasteiger charge is -2.07. The number of anilines is 1. The Bertz CT molecular complexity index is 675. The van der Waals surface area contributed by atoms with Crippen LogP contribution in [0.2, 0.25) is 0 Å². The predicted octanol–water partition coefficient (Wildman–Crippen LogP) is 4.47. The average Bonchev–Trinajstić information content (AvgIpc) is 2.49. The molecule has 1 amide bonds. The Balaban J connectivity index is 2.21. The van der Waals surface area contributed by atoms with Crippen molar-refractivity contribution in [3.8, 4) is 6.07 Å². The molecule has 0 fully saturated rings. The highest BCUT2D eigenvalue weighted by molar-refractivity contribution is 9.10. The number of carbonyl (C=O) groups excluding carboxylic acids is 1.